The molecule has 2 nitrogen and oxygen atoms in total. The summed E-state index contributed by atoms with van der Waals surface area (Å²) in [5.74, 6) is 0. The van der Waals surface area contributed by atoms with E-state index < -0.39 is 0 Å². The Kier molecular flexibility index (Phi) is 5.65. The summed E-state index contributed by atoms with van der Waals surface area (Å²) in [6, 6.07) is 19.5. The molecule has 0 aliphatic heterocycles. The number of anilines is 1. The molecule has 0 spiro atoms. The maximum atomic E-state index is 5.52. The molecule has 2 aromatic carbocycles. The van der Waals surface area contributed by atoms with E-state index in [0.29, 0.717) is 6.04 Å². The van der Waals surface area contributed by atoms with Gasteiger partial charge in [0, 0.05) is 11.7 Å². The predicted molar refractivity (Wildman–Crippen MR) is 102 cm³/mol. The molecule has 23 heavy (non-hydrogen) atoms. The number of hydrogen-bond acceptors (Lipinski definition) is 1. The number of hydrogen-bond donors (Lipinski definition) is 2. The van der Waals surface area contributed by atoms with E-state index in [9.17, 15) is 0 Å². The van der Waals surface area contributed by atoms with Crippen LogP contribution in [0.15, 0.2) is 54.6 Å². The molecule has 120 valence electrons. The lowest BCUT2D eigenvalue weighted by molar-refractivity contribution is 0.415. The van der Waals surface area contributed by atoms with Crippen molar-refractivity contribution in [1.29, 1.82) is 0 Å². The van der Waals surface area contributed by atoms with Crippen LogP contribution in [0.4, 0.5) is 5.69 Å². The zero-order valence-electron chi connectivity index (χ0n) is 13.4. The van der Waals surface area contributed by atoms with E-state index >= 15 is 0 Å². The molecule has 0 heterocycles. The van der Waals surface area contributed by atoms with Crippen LogP contribution in [0.25, 0.3) is 0 Å². The Balaban J connectivity index is 1.64. The third kappa shape index (κ3) is 4.80. The second kappa shape index (κ2) is 8.11. The molecule has 0 amide bonds. The van der Waals surface area contributed by atoms with Gasteiger partial charge in [0.1, 0.15) is 0 Å². The van der Waals surface area contributed by atoms with Gasteiger partial charge in [-0.25, -0.2) is 0 Å². The molecule has 0 radical (unpaired) electrons. The molecule has 1 saturated carbocycles. The molecule has 0 bridgehead atoms. The first-order chi connectivity index (χ1) is 11.3. The van der Waals surface area contributed by atoms with E-state index in [1.807, 2.05) is 0 Å². The van der Waals surface area contributed by atoms with Crippen molar-refractivity contribution in [3.05, 3.63) is 65.7 Å². The number of benzene rings is 2. The highest BCUT2D eigenvalue weighted by atomic mass is 32.1. The first-order valence-electron chi connectivity index (χ1n) is 8.50. The van der Waals surface area contributed by atoms with Crippen LogP contribution in [0, 0.1) is 0 Å². The lowest BCUT2D eigenvalue weighted by Gasteiger charge is -2.24. The topological polar surface area (TPSA) is 24.1 Å². The van der Waals surface area contributed by atoms with Crippen LogP contribution in [0.3, 0.4) is 0 Å². The molecule has 3 heteroatoms. The number of thiocarbonyl (C=S) groups is 1. The number of nitrogens with one attached hydrogen (secondary N) is 2. The molecule has 0 unspecified atom stereocenters. The normalized spacial score (nSPS) is 15.1. The van der Waals surface area contributed by atoms with E-state index in [-0.39, 0.29) is 0 Å². The Labute approximate surface area is 144 Å². The van der Waals surface area contributed by atoms with Crippen molar-refractivity contribution in [2.45, 2.75) is 44.6 Å². The fourth-order valence-electron chi connectivity index (χ4n) is 3.20. The minimum atomic E-state index is 0.532. The first kappa shape index (κ1) is 16.0. The van der Waals surface area contributed by atoms with Gasteiger partial charge in [-0.15, -0.1) is 0 Å². The highest BCUT2D eigenvalue weighted by Crippen LogP contribution is 2.20. The largest absolute Gasteiger partial charge is 0.360 e. The molecule has 0 aromatic heterocycles. The third-order valence-corrected chi connectivity index (χ3v) is 4.66. The van der Waals surface area contributed by atoms with Gasteiger partial charge in [-0.2, -0.15) is 0 Å². The van der Waals surface area contributed by atoms with Crippen LogP contribution in [0.5, 0.6) is 0 Å². The van der Waals surface area contributed by atoms with Gasteiger partial charge in [-0.3, -0.25) is 0 Å². The van der Waals surface area contributed by atoms with Crippen molar-refractivity contribution in [2.75, 3.05) is 5.32 Å². The maximum absolute atomic E-state index is 5.52. The minimum Gasteiger partial charge on any atom is -0.360 e. The second-order valence-electron chi connectivity index (χ2n) is 6.25. The molecule has 1 aliphatic rings. The molecule has 1 fully saturated rings. The zero-order valence-corrected chi connectivity index (χ0v) is 14.2. The van der Waals surface area contributed by atoms with Crippen LogP contribution >= 0.6 is 12.2 Å². The van der Waals surface area contributed by atoms with Gasteiger partial charge in [0.05, 0.1) is 0 Å². The summed E-state index contributed by atoms with van der Waals surface area (Å²) in [6.07, 6.45) is 7.35. The quantitative estimate of drug-likeness (QED) is 0.783. The van der Waals surface area contributed by atoms with Crippen molar-refractivity contribution in [3.8, 4) is 0 Å². The summed E-state index contributed by atoms with van der Waals surface area (Å²) < 4.78 is 0. The van der Waals surface area contributed by atoms with Gasteiger partial charge in [0.2, 0.25) is 0 Å². The highest BCUT2D eigenvalue weighted by molar-refractivity contribution is 7.80. The van der Waals surface area contributed by atoms with Gasteiger partial charge < -0.3 is 10.6 Å². The van der Waals surface area contributed by atoms with E-state index in [0.717, 1.165) is 17.2 Å². The molecule has 1 aliphatic carbocycles. The Bertz CT molecular complexity index is 633. The number of para-hydroxylation sites is 1. The Morgan fingerprint density at radius 1 is 0.913 bits per heavy atom. The summed E-state index contributed by atoms with van der Waals surface area (Å²) in [5, 5.41) is 7.62. The van der Waals surface area contributed by atoms with E-state index in [4.69, 9.17) is 12.2 Å². The molecular formula is C20H24N2S. The summed E-state index contributed by atoms with van der Waals surface area (Å²) in [6.45, 7) is 0. The fraction of sp³-hybridized carbons (Fsp3) is 0.350. The van der Waals surface area contributed by atoms with Gasteiger partial charge in [-0.05, 0) is 48.7 Å². The smallest absolute Gasteiger partial charge is 0.171 e. The van der Waals surface area contributed by atoms with Crippen molar-refractivity contribution in [2.24, 2.45) is 0 Å². The van der Waals surface area contributed by atoms with E-state index in [1.54, 1.807) is 0 Å². The molecule has 3 rings (SSSR count). The molecular weight excluding hydrogens is 300 g/mol. The van der Waals surface area contributed by atoms with Gasteiger partial charge in [0.15, 0.2) is 5.11 Å². The maximum Gasteiger partial charge on any atom is 0.171 e. The Morgan fingerprint density at radius 3 is 2.39 bits per heavy atom. The first-order valence-corrected chi connectivity index (χ1v) is 8.91. The molecule has 2 aromatic rings. The van der Waals surface area contributed by atoms with E-state index in [2.05, 4.69) is 65.2 Å². The standard InChI is InChI=1S/C20H24N2S/c23-20(21-18-12-5-2-6-13-18)22-19-14-8-7-11-17(19)15-16-9-3-1-4-10-16/h1,3-4,7-11,14,18H,2,5-6,12-13,15H2,(H2,21,22,23). The summed E-state index contributed by atoms with van der Waals surface area (Å²) in [7, 11) is 0. The van der Waals surface area contributed by atoms with Crippen molar-refractivity contribution in [3.63, 3.8) is 0 Å². The Hall–Kier alpha value is -1.87. The molecule has 0 saturated heterocycles. The average Bonchev–Trinajstić information content (AvgIpc) is 2.58. The second-order valence-corrected chi connectivity index (χ2v) is 6.66. The molecule has 2 N–H and O–H groups in total. The van der Waals surface area contributed by atoms with Crippen LogP contribution in [-0.4, -0.2) is 11.2 Å². The lowest BCUT2D eigenvalue weighted by Crippen LogP contribution is -2.39. The third-order valence-electron chi connectivity index (χ3n) is 4.44. The van der Waals surface area contributed by atoms with Crippen LogP contribution < -0.4 is 10.6 Å². The monoisotopic (exact) mass is 324 g/mol. The lowest BCUT2D eigenvalue weighted by atomic mass is 9.96. The van der Waals surface area contributed by atoms with Crippen molar-refractivity contribution < 1.29 is 0 Å². The molecule has 0 atom stereocenters. The van der Waals surface area contributed by atoms with Crippen molar-refractivity contribution >= 4 is 23.0 Å². The fourth-order valence-corrected chi connectivity index (χ4v) is 3.48. The SMILES string of the molecule is S=C(Nc1ccccc1Cc1ccccc1)NC1CCCCC1. The average molecular weight is 324 g/mol. The van der Waals surface area contributed by atoms with Crippen LogP contribution in [0.1, 0.15) is 43.2 Å². The van der Waals surface area contributed by atoms with Crippen molar-refractivity contribution in [1.82, 2.24) is 5.32 Å². The minimum absolute atomic E-state index is 0.532. The highest BCUT2D eigenvalue weighted by Gasteiger charge is 2.14. The summed E-state index contributed by atoms with van der Waals surface area (Å²) in [5.41, 5.74) is 3.68. The van der Waals surface area contributed by atoms with Crippen LogP contribution in [0.2, 0.25) is 0 Å². The summed E-state index contributed by atoms with van der Waals surface area (Å²) in [4.78, 5) is 0. The van der Waals surface area contributed by atoms with Gasteiger partial charge in [-0.1, -0.05) is 67.8 Å². The Morgan fingerprint density at radius 2 is 1.61 bits per heavy atom. The van der Waals surface area contributed by atoms with Gasteiger partial charge in [0.25, 0.3) is 0 Å². The van der Waals surface area contributed by atoms with Crippen LogP contribution in [-0.2, 0) is 6.42 Å². The zero-order chi connectivity index (χ0) is 15.9. The number of rotatable bonds is 4. The van der Waals surface area contributed by atoms with Gasteiger partial charge >= 0.3 is 0 Å². The summed E-state index contributed by atoms with van der Waals surface area (Å²) >= 11 is 5.52. The van der Waals surface area contributed by atoms with E-state index in [1.165, 1.54) is 43.2 Å². The predicted octanol–water partition coefficient (Wildman–Crippen LogP) is 4.90.